The lowest BCUT2D eigenvalue weighted by atomic mass is 10.1. The number of rotatable bonds is 4. The van der Waals surface area contributed by atoms with E-state index >= 15 is 0 Å². The molecule has 0 aliphatic carbocycles. The van der Waals surface area contributed by atoms with Gasteiger partial charge in [-0.3, -0.25) is 4.79 Å². The second-order valence-electron chi connectivity index (χ2n) is 3.95. The molecule has 0 N–H and O–H groups in total. The van der Waals surface area contributed by atoms with Crippen molar-refractivity contribution in [1.29, 1.82) is 0 Å². The molecule has 0 amide bonds. The molecule has 0 unspecified atom stereocenters. The maximum atomic E-state index is 13.4. The molecule has 0 aliphatic heterocycles. The lowest BCUT2D eigenvalue weighted by Gasteiger charge is -2.06. The van der Waals surface area contributed by atoms with Crippen molar-refractivity contribution >= 4 is 21.7 Å². The second kappa shape index (κ2) is 5.61. The Kier molecular flexibility index (Phi) is 4.09. The van der Waals surface area contributed by atoms with Crippen LogP contribution in [0, 0.1) is 11.6 Å². The normalized spacial score (nSPS) is 10.7. The SMILES string of the molecule is CCn1ccnc1CC(=O)c1ccc(F)c(F)c1Br. The molecule has 2 aromatic rings. The van der Waals surface area contributed by atoms with Gasteiger partial charge in [-0.15, -0.1) is 0 Å². The van der Waals surface area contributed by atoms with Gasteiger partial charge in [0.15, 0.2) is 17.4 Å². The molecule has 0 saturated carbocycles. The van der Waals surface area contributed by atoms with Crippen molar-refractivity contribution in [3.05, 3.63) is 52.0 Å². The maximum Gasteiger partial charge on any atom is 0.173 e. The van der Waals surface area contributed by atoms with E-state index in [1.165, 1.54) is 6.07 Å². The Hall–Kier alpha value is -1.56. The van der Waals surface area contributed by atoms with E-state index in [0.29, 0.717) is 12.4 Å². The molecule has 0 saturated heterocycles. The fourth-order valence-corrected chi connectivity index (χ4v) is 2.32. The number of imidazole rings is 1. The van der Waals surface area contributed by atoms with E-state index in [1.54, 1.807) is 12.4 Å². The van der Waals surface area contributed by atoms with Crippen LogP contribution in [0.25, 0.3) is 0 Å². The Bertz CT molecular complexity index is 625. The fourth-order valence-electron chi connectivity index (χ4n) is 1.78. The van der Waals surface area contributed by atoms with Crippen LogP contribution in [0.1, 0.15) is 23.1 Å². The first-order valence-electron chi connectivity index (χ1n) is 5.71. The third-order valence-corrected chi connectivity index (χ3v) is 3.57. The number of carbonyl (C=O) groups excluding carboxylic acids is 1. The smallest absolute Gasteiger partial charge is 0.173 e. The Labute approximate surface area is 117 Å². The summed E-state index contributed by atoms with van der Waals surface area (Å²) in [6.07, 6.45) is 3.42. The first-order valence-corrected chi connectivity index (χ1v) is 6.50. The minimum absolute atomic E-state index is 0.0461. The number of hydrogen-bond donors (Lipinski definition) is 0. The highest BCUT2D eigenvalue weighted by Crippen LogP contribution is 2.24. The Morgan fingerprint density at radius 3 is 2.84 bits per heavy atom. The summed E-state index contributed by atoms with van der Waals surface area (Å²) in [5, 5.41) is 0. The second-order valence-corrected chi connectivity index (χ2v) is 4.75. The van der Waals surface area contributed by atoms with Gasteiger partial charge in [0, 0.05) is 24.5 Å². The van der Waals surface area contributed by atoms with Crippen molar-refractivity contribution in [3.63, 3.8) is 0 Å². The van der Waals surface area contributed by atoms with Crippen LogP contribution in [-0.2, 0) is 13.0 Å². The summed E-state index contributed by atoms with van der Waals surface area (Å²) in [5.74, 6) is -1.75. The average molecular weight is 329 g/mol. The zero-order valence-corrected chi connectivity index (χ0v) is 11.7. The molecular weight excluding hydrogens is 318 g/mol. The number of carbonyl (C=O) groups is 1. The van der Waals surface area contributed by atoms with Gasteiger partial charge in [0.05, 0.1) is 10.9 Å². The molecule has 0 atom stereocenters. The van der Waals surface area contributed by atoms with Crippen LogP contribution in [0.2, 0.25) is 0 Å². The van der Waals surface area contributed by atoms with E-state index in [4.69, 9.17) is 0 Å². The van der Waals surface area contributed by atoms with Crippen molar-refractivity contribution in [2.75, 3.05) is 0 Å². The van der Waals surface area contributed by atoms with E-state index in [2.05, 4.69) is 20.9 Å². The third kappa shape index (κ3) is 2.73. The van der Waals surface area contributed by atoms with E-state index in [-0.39, 0.29) is 22.2 Å². The summed E-state index contributed by atoms with van der Waals surface area (Å²) in [6.45, 7) is 2.63. The lowest BCUT2D eigenvalue weighted by Crippen LogP contribution is -2.11. The molecule has 2 rings (SSSR count). The molecule has 1 heterocycles. The quantitative estimate of drug-likeness (QED) is 0.637. The predicted molar refractivity (Wildman–Crippen MR) is 70.0 cm³/mol. The summed E-state index contributed by atoms with van der Waals surface area (Å²) >= 11 is 2.91. The molecule has 0 spiro atoms. The number of hydrogen-bond acceptors (Lipinski definition) is 2. The fraction of sp³-hybridized carbons (Fsp3) is 0.231. The minimum atomic E-state index is -1.05. The summed E-state index contributed by atoms with van der Waals surface area (Å²) in [7, 11) is 0. The van der Waals surface area contributed by atoms with E-state index < -0.39 is 11.6 Å². The molecule has 6 heteroatoms. The average Bonchev–Trinajstić information content (AvgIpc) is 2.83. The number of Topliss-reactive ketones (excluding diaryl/α,β-unsaturated/α-hetero) is 1. The molecule has 19 heavy (non-hydrogen) atoms. The number of benzene rings is 1. The standard InChI is InChI=1S/C13H11BrF2N2O/c1-2-18-6-5-17-11(18)7-10(19)8-3-4-9(15)13(16)12(8)14/h3-6H,2,7H2,1H3. The van der Waals surface area contributed by atoms with Crippen molar-refractivity contribution in [1.82, 2.24) is 9.55 Å². The molecule has 0 fully saturated rings. The molecule has 0 aliphatic rings. The van der Waals surface area contributed by atoms with Gasteiger partial charge < -0.3 is 4.57 Å². The van der Waals surface area contributed by atoms with Crippen LogP contribution >= 0.6 is 15.9 Å². The first-order chi connectivity index (χ1) is 9.04. The number of ketones is 1. The van der Waals surface area contributed by atoms with Crippen molar-refractivity contribution in [3.8, 4) is 0 Å². The van der Waals surface area contributed by atoms with Crippen molar-refractivity contribution in [2.45, 2.75) is 19.9 Å². The zero-order chi connectivity index (χ0) is 14.0. The molecule has 100 valence electrons. The van der Waals surface area contributed by atoms with Crippen molar-refractivity contribution in [2.24, 2.45) is 0 Å². The summed E-state index contributed by atoms with van der Waals surface area (Å²) in [5.41, 5.74) is 0.115. The summed E-state index contributed by atoms with van der Waals surface area (Å²) in [4.78, 5) is 16.2. The number of nitrogens with zero attached hydrogens (tertiary/aromatic N) is 2. The van der Waals surface area contributed by atoms with Crippen LogP contribution < -0.4 is 0 Å². The molecule has 1 aromatic heterocycles. The number of halogens is 3. The predicted octanol–water partition coefficient (Wildman–Crippen LogP) is 3.37. The van der Waals surface area contributed by atoms with Gasteiger partial charge in [0.25, 0.3) is 0 Å². The molecule has 0 radical (unpaired) electrons. The van der Waals surface area contributed by atoms with E-state index in [0.717, 1.165) is 6.07 Å². The van der Waals surface area contributed by atoms with Gasteiger partial charge in [-0.25, -0.2) is 13.8 Å². The zero-order valence-electron chi connectivity index (χ0n) is 10.2. The Morgan fingerprint density at radius 1 is 1.42 bits per heavy atom. The van der Waals surface area contributed by atoms with Gasteiger partial charge >= 0.3 is 0 Å². The molecule has 3 nitrogen and oxygen atoms in total. The largest absolute Gasteiger partial charge is 0.335 e. The highest BCUT2D eigenvalue weighted by atomic mass is 79.9. The first kappa shape index (κ1) is 13.9. The monoisotopic (exact) mass is 328 g/mol. The van der Waals surface area contributed by atoms with Crippen LogP contribution in [0.4, 0.5) is 8.78 Å². The summed E-state index contributed by atoms with van der Waals surface area (Å²) < 4.78 is 28.0. The highest BCUT2D eigenvalue weighted by molar-refractivity contribution is 9.10. The maximum absolute atomic E-state index is 13.4. The van der Waals surface area contributed by atoms with Crippen molar-refractivity contribution < 1.29 is 13.6 Å². The minimum Gasteiger partial charge on any atom is -0.335 e. The van der Waals surface area contributed by atoms with Crippen LogP contribution in [0.5, 0.6) is 0 Å². The molecule has 0 bridgehead atoms. The van der Waals surface area contributed by atoms with Gasteiger partial charge in [-0.1, -0.05) is 0 Å². The van der Waals surface area contributed by atoms with Crippen LogP contribution in [-0.4, -0.2) is 15.3 Å². The molecular formula is C13H11BrF2N2O. The summed E-state index contributed by atoms with van der Waals surface area (Å²) in [6, 6.07) is 2.21. The van der Waals surface area contributed by atoms with E-state index in [9.17, 15) is 13.6 Å². The topological polar surface area (TPSA) is 34.9 Å². The van der Waals surface area contributed by atoms with Crippen LogP contribution in [0.15, 0.2) is 29.0 Å². The molecule has 1 aromatic carbocycles. The van der Waals surface area contributed by atoms with Crippen LogP contribution in [0.3, 0.4) is 0 Å². The van der Waals surface area contributed by atoms with E-state index in [1.807, 2.05) is 11.5 Å². The lowest BCUT2D eigenvalue weighted by molar-refractivity contribution is 0.0988. The van der Waals surface area contributed by atoms with Gasteiger partial charge in [0.2, 0.25) is 0 Å². The number of aromatic nitrogens is 2. The van der Waals surface area contributed by atoms with Gasteiger partial charge in [-0.2, -0.15) is 0 Å². The third-order valence-electron chi connectivity index (χ3n) is 2.80. The van der Waals surface area contributed by atoms with Gasteiger partial charge in [-0.05, 0) is 35.0 Å². The Balaban J connectivity index is 2.28. The number of aryl methyl sites for hydroxylation is 1. The van der Waals surface area contributed by atoms with Gasteiger partial charge in [0.1, 0.15) is 5.82 Å². The highest BCUT2D eigenvalue weighted by Gasteiger charge is 2.18. The Morgan fingerprint density at radius 2 is 2.16 bits per heavy atom.